The molecule has 1 amide bonds. The minimum Gasteiger partial charge on any atom is -0.365 e. The number of hydrogen-bond acceptors (Lipinski definition) is 4. The van der Waals surface area contributed by atoms with Crippen LogP contribution in [-0.4, -0.2) is 56.9 Å². The van der Waals surface area contributed by atoms with Crippen molar-refractivity contribution in [2.24, 2.45) is 0 Å². The molecule has 1 aromatic carbocycles. The molecular weight excluding hydrogens is 312 g/mol. The molecule has 0 N–H and O–H groups in total. The van der Waals surface area contributed by atoms with Crippen LogP contribution in [0.2, 0.25) is 0 Å². The third kappa shape index (κ3) is 4.05. The molecule has 1 atom stereocenters. The Hall–Kier alpha value is -1.56. The molecule has 0 bridgehead atoms. The molecule has 1 aromatic rings. The first-order valence-corrected chi connectivity index (χ1v) is 9.84. The van der Waals surface area contributed by atoms with Gasteiger partial charge in [-0.1, -0.05) is 12.1 Å². The van der Waals surface area contributed by atoms with Crippen LogP contribution in [0.15, 0.2) is 18.2 Å². The summed E-state index contributed by atoms with van der Waals surface area (Å²) < 4.78 is 23.3. The number of benzene rings is 1. The Morgan fingerprint density at radius 3 is 2.57 bits per heavy atom. The molecule has 1 aliphatic heterocycles. The van der Waals surface area contributed by atoms with Crippen molar-refractivity contribution in [2.45, 2.75) is 33.2 Å². The Morgan fingerprint density at radius 1 is 1.30 bits per heavy atom. The molecule has 6 heteroatoms. The van der Waals surface area contributed by atoms with E-state index < -0.39 is 9.84 Å². The summed E-state index contributed by atoms with van der Waals surface area (Å²) in [5.74, 6) is 0.270. The second-order valence-corrected chi connectivity index (χ2v) is 8.54. The van der Waals surface area contributed by atoms with E-state index in [-0.39, 0.29) is 30.0 Å². The smallest absolute Gasteiger partial charge is 0.242 e. The third-order valence-corrected chi connectivity index (χ3v) is 6.42. The SMILES string of the molecule is CCN(C(=O)CN(C)c1cccc(C)c1C)C1CCS(=O)(=O)C1. The van der Waals surface area contributed by atoms with E-state index in [1.54, 1.807) is 4.90 Å². The number of aryl methyl sites for hydroxylation is 1. The van der Waals surface area contributed by atoms with Crippen molar-refractivity contribution >= 4 is 21.4 Å². The molecule has 1 saturated heterocycles. The lowest BCUT2D eigenvalue weighted by Gasteiger charge is -2.30. The Balaban J connectivity index is 2.09. The van der Waals surface area contributed by atoms with Crippen LogP contribution < -0.4 is 4.90 Å². The lowest BCUT2D eigenvalue weighted by atomic mass is 10.1. The number of amides is 1. The fourth-order valence-corrected chi connectivity index (χ4v) is 4.92. The van der Waals surface area contributed by atoms with Crippen LogP contribution >= 0.6 is 0 Å². The highest BCUT2D eigenvalue weighted by atomic mass is 32.2. The summed E-state index contributed by atoms with van der Waals surface area (Å²) in [6.07, 6.45) is 0.551. The van der Waals surface area contributed by atoms with Crippen LogP contribution in [0.1, 0.15) is 24.5 Å². The van der Waals surface area contributed by atoms with Gasteiger partial charge in [0.05, 0.1) is 18.1 Å². The zero-order valence-electron chi connectivity index (χ0n) is 14.4. The van der Waals surface area contributed by atoms with Crippen LogP contribution in [-0.2, 0) is 14.6 Å². The Bertz CT molecular complexity index is 685. The maximum absolute atomic E-state index is 12.6. The van der Waals surface area contributed by atoms with Crippen LogP contribution in [0.25, 0.3) is 0 Å². The van der Waals surface area contributed by atoms with Crippen LogP contribution in [0.4, 0.5) is 5.69 Å². The quantitative estimate of drug-likeness (QED) is 0.821. The molecule has 0 spiro atoms. The van der Waals surface area contributed by atoms with Gasteiger partial charge in [0.1, 0.15) is 0 Å². The van der Waals surface area contributed by atoms with E-state index in [4.69, 9.17) is 0 Å². The normalized spacial score (nSPS) is 19.6. The van der Waals surface area contributed by atoms with Crippen LogP contribution in [0.3, 0.4) is 0 Å². The van der Waals surface area contributed by atoms with Crippen molar-refractivity contribution in [3.8, 4) is 0 Å². The number of nitrogens with zero attached hydrogens (tertiary/aromatic N) is 2. The predicted octanol–water partition coefficient (Wildman–Crippen LogP) is 1.78. The monoisotopic (exact) mass is 338 g/mol. The number of carbonyl (C=O) groups is 1. The molecule has 1 heterocycles. The van der Waals surface area contributed by atoms with Gasteiger partial charge in [-0.3, -0.25) is 4.79 Å². The van der Waals surface area contributed by atoms with Crippen LogP contribution in [0, 0.1) is 13.8 Å². The van der Waals surface area contributed by atoms with Gasteiger partial charge in [0.25, 0.3) is 0 Å². The summed E-state index contributed by atoms with van der Waals surface area (Å²) in [5, 5.41) is 0. The van der Waals surface area contributed by atoms with Crippen molar-refractivity contribution < 1.29 is 13.2 Å². The Kier molecular flexibility index (Phi) is 5.34. The molecule has 1 aliphatic rings. The highest BCUT2D eigenvalue weighted by Crippen LogP contribution is 2.22. The molecule has 23 heavy (non-hydrogen) atoms. The second kappa shape index (κ2) is 6.91. The van der Waals surface area contributed by atoms with E-state index in [1.807, 2.05) is 37.9 Å². The summed E-state index contributed by atoms with van der Waals surface area (Å²) in [5.41, 5.74) is 3.39. The van der Waals surface area contributed by atoms with E-state index in [2.05, 4.69) is 13.0 Å². The van der Waals surface area contributed by atoms with E-state index in [1.165, 1.54) is 5.56 Å². The van der Waals surface area contributed by atoms with Gasteiger partial charge in [0.2, 0.25) is 5.91 Å². The highest BCUT2D eigenvalue weighted by molar-refractivity contribution is 7.91. The lowest BCUT2D eigenvalue weighted by Crippen LogP contribution is -2.45. The third-order valence-electron chi connectivity index (χ3n) is 4.67. The summed E-state index contributed by atoms with van der Waals surface area (Å²) in [7, 11) is -1.08. The molecule has 1 unspecified atom stereocenters. The van der Waals surface area contributed by atoms with Gasteiger partial charge in [-0.15, -0.1) is 0 Å². The average Bonchev–Trinajstić information content (AvgIpc) is 2.82. The molecule has 0 aliphatic carbocycles. The molecule has 0 radical (unpaired) electrons. The first kappa shape index (κ1) is 17.8. The van der Waals surface area contributed by atoms with E-state index >= 15 is 0 Å². The Morgan fingerprint density at radius 2 is 2.00 bits per heavy atom. The summed E-state index contributed by atoms with van der Waals surface area (Å²) in [4.78, 5) is 16.3. The topological polar surface area (TPSA) is 57.7 Å². The van der Waals surface area contributed by atoms with Gasteiger partial charge >= 0.3 is 0 Å². The first-order chi connectivity index (χ1) is 10.7. The highest BCUT2D eigenvalue weighted by Gasteiger charge is 2.34. The van der Waals surface area contributed by atoms with Crippen molar-refractivity contribution in [2.75, 3.05) is 36.5 Å². The van der Waals surface area contributed by atoms with E-state index in [9.17, 15) is 13.2 Å². The van der Waals surface area contributed by atoms with Crippen LogP contribution in [0.5, 0.6) is 0 Å². The predicted molar refractivity (Wildman–Crippen MR) is 93.6 cm³/mol. The molecule has 1 fully saturated rings. The zero-order chi connectivity index (χ0) is 17.2. The maximum atomic E-state index is 12.6. The van der Waals surface area contributed by atoms with Gasteiger partial charge < -0.3 is 9.80 Å². The number of hydrogen-bond donors (Lipinski definition) is 0. The number of sulfone groups is 1. The number of rotatable bonds is 5. The molecule has 0 saturated carbocycles. The average molecular weight is 338 g/mol. The van der Waals surface area contributed by atoms with E-state index in [0.29, 0.717) is 13.0 Å². The Labute approximate surface area is 139 Å². The largest absolute Gasteiger partial charge is 0.365 e. The fraction of sp³-hybridized carbons (Fsp3) is 0.588. The maximum Gasteiger partial charge on any atom is 0.242 e. The number of likely N-dealkylation sites (N-methyl/N-ethyl adjacent to an activating group) is 2. The van der Waals surface area contributed by atoms with Gasteiger partial charge in [0.15, 0.2) is 9.84 Å². The second-order valence-electron chi connectivity index (χ2n) is 6.31. The van der Waals surface area contributed by atoms with Gasteiger partial charge in [-0.05, 0) is 44.4 Å². The van der Waals surface area contributed by atoms with Crippen molar-refractivity contribution in [1.29, 1.82) is 0 Å². The van der Waals surface area contributed by atoms with Gasteiger partial charge in [-0.25, -0.2) is 8.42 Å². The van der Waals surface area contributed by atoms with E-state index in [0.717, 1.165) is 11.3 Å². The molecular formula is C17H26N2O3S. The first-order valence-electron chi connectivity index (χ1n) is 8.02. The molecule has 0 aromatic heterocycles. The molecule has 2 rings (SSSR count). The summed E-state index contributed by atoms with van der Waals surface area (Å²) in [6.45, 7) is 6.80. The standard InChI is InChI=1S/C17H26N2O3S/c1-5-19(15-9-10-23(21,22)12-15)17(20)11-18(4)16-8-6-7-13(2)14(16)3/h6-8,15H,5,9-12H2,1-4H3. The van der Waals surface area contributed by atoms with Crippen molar-refractivity contribution in [1.82, 2.24) is 4.90 Å². The van der Waals surface area contributed by atoms with Crippen molar-refractivity contribution in [3.63, 3.8) is 0 Å². The number of carbonyl (C=O) groups excluding carboxylic acids is 1. The molecule has 128 valence electrons. The van der Waals surface area contributed by atoms with Gasteiger partial charge in [0, 0.05) is 25.3 Å². The minimum absolute atomic E-state index is 0.0157. The summed E-state index contributed by atoms with van der Waals surface area (Å²) >= 11 is 0. The minimum atomic E-state index is -2.98. The van der Waals surface area contributed by atoms with Gasteiger partial charge in [-0.2, -0.15) is 0 Å². The number of anilines is 1. The fourth-order valence-electron chi connectivity index (χ4n) is 3.19. The molecule has 5 nitrogen and oxygen atoms in total. The van der Waals surface area contributed by atoms with Crippen molar-refractivity contribution in [3.05, 3.63) is 29.3 Å². The summed E-state index contributed by atoms with van der Waals surface area (Å²) in [6, 6.07) is 5.87. The lowest BCUT2D eigenvalue weighted by molar-refractivity contribution is -0.131. The zero-order valence-corrected chi connectivity index (χ0v) is 15.2.